The number of benzene rings is 1. The second kappa shape index (κ2) is 6.92. The molecule has 1 aromatic heterocycles. The van der Waals surface area contributed by atoms with Gasteiger partial charge in [-0.3, -0.25) is 19.7 Å². The van der Waals surface area contributed by atoms with Gasteiger partial charge in [-0.15, -0.1) is 0 Å². The van der Waals surface area contributed by atoms with Crippen LogP contribution in [0.15, 0.2) is 29.1 Å². The third-order valence-electron chi connectivity index (χ3n) is 3.86. The maximum Gasteiger partial charge on any atom is 0.285 e. The molecule has 0 spiro atoms. The highest BCUT2D eigenvalue weighted by atomic mass is 16.6. The Morgan fingerprint density at radius 3 is 2.48 bits per heavy atom. The SMILES string of the molecule is Cc1nn(CC(=O)N(C)c2ccc([N+](=O)[O-])cc2)c(=O)c(C#N)c1C. The molecule has 0 bridgehead atoms. The highest BCUT2D eigenvalue weighted by Crippen LogP contribution is 2.18. The molecule has 128 valence electrons. The first-order valence-electron chi connectivity index (χ1n) is 7.25. The quantitative estimate of drug-likeness (QED) is 0.610. The molecule has 0 unspecified atom stereocenters. The van der Waals surface area contributed by atoms with Crippen LogP contribution in [-0.2, 0) is 11.3 Å². The van der Waals surface area contributed by atoms with E-state index in [4.69, 9.17) is 5.26 Å². The average molecular weight is 341 g/mol. The van der Waals surface area contributed by atoms with E-state index in [1.54, 1.807) is 13.8 Å². The number of rotatable bonds is 4. The molecule has 1 amide bonds. The van der Waals surface area contributed by atoms with E-state index in [0.29, 0.717) is 16.9 Å². The van der Waals surface area contributed by atoms with Crippen molar-refractivity contribution in [3.8, 4) is 6.07 Å². The number of nitro benzene ring substituents is 1. The van der Waals surface area contributed by atoms with Crippen LogP contribution >= 0.6 is 0 Å². The third kappa shape index (κ3) is 3.53. The molecule has 0 radical (unpaired) electrons. The molecule has 2 aromatic rings. The number of aryl methyl sites for hydroxylation is 1. The van der Waals surface area contributed by atoms with Gasteiger partial charge in [0.2, 0.25) is 5.91 Å². The Kier molecular flexibility index (Phi) is 4.93. The van der Waals surface area contributed by atoms with Gasteiger partial charge in [0.1, 0.15) is 18.2 Å². The number of anilines is 1. The summed E-state index contributed by atoms with van der Waals surface area (Å²) < 4.78 is 0.950. The van der Waals surface area contributed by atoms with Crippen LogP contribution in [-0.4, -0.2) is 27.7 Å². The summed E-state index contributed by atoms with van der Waals surface area (Å²) >= 11 is 0. The van der Waals surface area contributed by atoms with E-state index in [9.17, 15) is 19.7 Å². The molecule has 0 aliphatic carbocycles. The summed E-state index contributed by atoms with van der Waals surface area (Å²) in [5.41, 5.74) is 0.652. The molecule has 0 aliphatic rings. The summed E-state index contributed by atoms with van der Waals surface area (Å²) in [5.74, 6) is -0.449. The summed E-state index contributed by atoms with van der Waals surface area (Å²) in [4.78, 5) is 36.0. The Hall–Kier alpha value is -3.54. The van der Waals surface area contributed by atoms with E-state index in [2.05, 4.69) is 5.10 Å². The topological polar surface area (TPSA) is 122 Å². The Bertz CT molecular complexity index is 941. The van der Waals surface area contributed by atoms with Crippen LogP contribution in [0, 0.1) is 35.3 Å². The second-order valence-corrected chi connectivity index (χ2v) is 5.39. The zero-order valence-electron chi connectivity index (χ0n) is 13.9. The van der Waals surface area contributed by atoms with Crippen molar-refractivity contribution in [2.75, 3.05) is 11.9 Å². The van der Waals surface area contributed by atoms with Crippen molar-refractivity contribution in [1.29, 1.82) is 5.26 Å². The normalized spacial score (nSPS) is 10.2. The number of nitrogens with zero attached hydrogens (tertiary/aromatic N) is 5. The molecule has 2 rings (SSSR count). The molecule has 25 heavy (non-hydrogen) atoms. The first-order chi connectivity index (χ1) is 11.8. The molecule has 0 saturated heterocycles. The molecule has 0 atom stereocenters. The fraction of sp³-hybridized carbons (Fsp3) is 0.250. The van der Waals surface area contributed by atoms with E-state index in [0.717, 1.165) is 4.68 Å². The number of carbonyl (C=O) groups is 1. The Morgan fingerprint density at radius 1 is 1.36 bits per heavy atom. The standard InChI is InChI=1S/C16H15N5O4/c1-10-11(2)18-20(16(23)14(10)8-17)9-15(22)19(3)12-4-6-13(7-5-12)21(24)25/h4-7H,9H2,1-3H3. The van der Waals surface area contributed by atoms with Crippen LogP contribution in [0.1, 0.15) is 16.8 Å². The van der Waals surface area contributed by atoms with Crippen molar-refractivity contribution < 1.29 is 9.72 Å². The molecular formula is C16H15N5O4. The van der Waals surface area contributed by atoms with Gasteiger partial charge in [-0.25, -0.2) is 4.68 Å². The van der Waals surface area contributed by atoms with E-state index in [1.807, 2.05) is 6.07 Å². The minimum Gasteiger partial charge on any atom is -0.314 e. The van der Waals surface area contributed by atoms with E-state index < -0.39 is 16.4 Å². The van der Waals surface area contributed by atoms with Crippen LogP contribution in [0.2, 0.25) is 0 Å². The summed E-state index contributed by atoms with van der Waals surface area (Å²) in [6, 6.07) is 7.28. The molecule has 9 nitrogen and oxygen atoms in total. The fourth-order valence-electron chi connectivity index (χ4n) is 2.19. The predicted octanol–water partition coefficient (Wildman–Crippen LogP) is 1.30. The minimum absolute atomic E-state index is 0.0433. The first kappa shape index (κ1) is 17.8. The summed E-state index contributed by atoms with van der Waals surface area (Å²) in [7, 11) is 1.49. The van der Waals surface area contributed by atoms with Crippen molar-refractivity contribution in [1.82, 2.24) is 9.78 Å². The summed E-state index contributed by atoms with van der Waals surface area (Å²) in [6.45, 7) is 2.93. The molecule has 1 heterocycles. The molecule has 1 aromatic carbocycles. The van der Waals surface area contributed by atoms with E-state index in [1.165, 1.54) is 36.2 Å². The lowest BCUT2D eigenvalue weighted by Crippen LogP contribution is -2.36. The number of aromatic nitrogens is 2. The molecule has 0 saturated carbocycles. The Morgan fingerprint density at radius 2 is 1.96 bits per heavy atom. The van der Waals surface area contributed by atoms with Crippen LogP contribution in [0.3, 0.4) is 0 Å². The van der Waals surface area contributed by atoms with Gasteiger partial charge in [0.15, 0.2) is 0 Å². The van der Waals surface area contributed by atoms with Crippen molar-refractivity contribution >= 4 is 17.3 Å². The number of nitro groups is 1. The van der Waals surface area contributed by atoms with Crippen molar-refractivity contribution in [2.45, 2.75) is 20.4 Å². The van der Waals surface area contributed by atoms with Crippen LogP contribution in [0.5, 0.6) is 0 Å². The lowest BCUT2D eigenvalue weighted by molar-refractivity contribution is -0.384. The average Bonchev–Trinajstić information content (AvgIpc) is 2.59. The molecule has 0 N–H and O–H groups in total. The van der Waals surface area contributed by atoms with Crippen molar-refractivity contribution in [3.05, 3.63) is 61.6 Å². The number of hydrogen-bond donors (Lipinski definition) is 0. The van der Waals surface area contributed by atoms with Crippen molar-refractivity contribution in [3.63, 3.8) is 0 Å². The Balaban J connectivity index is 2.28. The predicted molar refractivity (Wildman–Crippen MR) is 89.2 cm³/mol. The summed E-state index contributed by atoms with van der Waals surface area (Å²) in [6.07, 6.45) is 0. The zero-order valence-corrected chi connectivity index (χ0v) is 13.9. The number of amides is 1. The molecular weight excluding hydrogens is 326 g/mol. The fourth-order valence-corrected chi connectivity index (χ4v) is 2.19. The summed E-state index contributed by atoms with van der Waals surface area (Å²) in [5, 5.41) is 23.8. The number of carbonyl (C=O) groups excluding carboxylic acids is 1. The first-order valence-corrected chi connectivity index (χ1v) is 7.25. The number of nitriles is 1. The van der Waals surface area contributed by atoms with Gasteiger partial charge in [-0.05, 0) is 31.5 Å². The van der Waals surface area contributed by atoms with E-state index >= 15 is 0 Å². The molecule has 0 aliphatic heterocycles. The third-order valence-corrected chi connectivity index (χ3v) is 3.86. The number of non-ortho nitro benzene ring substituents is 1. The number of likely N-dealkylation sites (N-methyl/N-ethyl adjacent to an activating group) is 1. The zero-order chi connectivity index (χ0) is 18.7. The van der Waals surface area contributed by atoms with Gasteiger partial charge in [-0.2, -0.15) is 10.4 Å². The number of hydrogen-bond acceptors (Lipinski definition) is 6. The van der Waals surface area contributed by atoms with Crippen LogP contribution < -0.4 is 10.5 Å². The van der Waals surface area contributed by atoms with Gasteiger partial charge < -0.3 is 4.90 Å². The Labute approximate surface area is 142 Å². The van der Waals surface area contributed by atoms with Crippen molar-refractivity contribution in [2.24, 2.45) is 0 Å². The maximum absolute atomic E-state index is 12.4. The largest absolute Gasteiger partial charge is 0.314 e. The van der Waals surface area contributed by atoms with E-state index in [-0.39, 0.29) is 17.8 Å². The minimum atomic E-state index is -0.629. The lowest BCUT2D eigenvalue weighted by Gasteiger charge is -2.18. The van der Waals surface area contributed by atoms with Gasteiger partial charge in [0.25, 0.3) is 11.2 Å². The molecule has 9 heteroatoms. The van der Waals surface area contributed by atoms with Gasteiger partial charge in [0.05, 0.1) is 10.6 Å². The van der Waals surface area contributed by atoms with Gasteiger partial charge in [0, 0.05) is 24.9 Å². The van der Waals surface area contributed by atoms with Gasteiger partial charge in [-0.1, -0.05) is 0 Å². The lowest BCUT2D eigenvalue weighted by atomic mass is 10.1. The second-order valence-electron chi connectivity index (χ2n) is 5.39. The van der Waals surface area contributed by atoms with Crippen LogP contribution in [0.4, 0.5) is 11.4 Å². The molecule has 0 fully saturated rings. The smallest absolute Gasteiger partial charge is 0.285 e. The maximum atomic E-state index is 12.4. The monoisotopic (exact) mass is 341 g/mol. The van der Waals surface area contributed by atoms with Crippen LogP contribution in [0.25, 0.3) is 0 Å². The highest BCUT2D eigenvalue weighted by molar-refractivity contribution is 5.92. The van der Waals surface area contributed by atoms with Gasteiger partial charge >= 0.3 is 0 Å². The highest BCUT2D eigenvalue weighted by Gasteiger charge is 2.17.